The molecule has 0 fully saturated rings. The van der Waals surface area contributed by atoms with E-state index in [9.17, 15) is 0 Å². The third-order valence-corrected chi connectivity index (χ3v) is 5.17. The van der Waals surface area contributed by atoms with Gasteiger partial charge in [0, 0.05) is 23.5 Å². The second kappa shape index (κ2) is 8.32. The van der Waals surface area contributed by atoms with Crippen molar-refractivity contribution >= 4 is 5.65 Å². The zero-order chi connectivity index (χ0) is 21.0. The Balaban J connectivity index is 1.44. The minimum atomic E-state index is 0.531. The fraction of sp³-hybridized carbons (Fsp3) is 0.0769. The number of fused-ring (bicyclic) bond motifs is 1. The number of rotatable bonds is 6. The van der Waals surface area contributed by atoms with Gasteiger partial charge in [-0.05, 0) is 29.3 Å². The van der Waals surface area contributed by atoms with Crippen molar-refractivity contribution in [2.75, 3.05) is 7.11 Å². The molecule has 5 heteroatoms. The summed E-state index contributed by atoms with van der Waals surface area (Å²) in [5.41, 5.74) is 5.81. The summed E-state index contributed by atoms with van der Waals surface area (Å²) in [5.74, 6) is 1.61. The van der Waals surface area contributed by atoms with E-state index in [0.717, 1.165) is 45.0 Å². The van der Waals surface area contributed by atoms with Crippen molar-refractivity contribution < 1.29 is 9.47 Å². The Morgan fingerprint density at radius 1 is 0.806 bits per heavy atom. The van der Waals surface area contributed by atoms with Crippen LogP contribution in [0.4, 0.5) is 0 Å². The molecule has 0 unspecified atom stereocenters. The summed E-state index contributed by atoms with van der Waals surface area (Å²) >= 11 is 0. The Morgan fingerprint density at radius 3 is 2.52 bits per heavy atom. The zero-order valence-corrected chi connectivity index (χ0v) is 17.1. The van der Waals surface area contributed by atoms with Crippen molar-refractivity contribution in [2.24, 2.45) is 0 Å². The molecule has 2 heterocycles. The Kier molecular flexibility index (Phi) is 5.07. The smallest absolute Gasteiger partial charge is 0.162 e. The first-order chi connectivity index (χ1) is 15.3. The second-order valence-electron chi connectivity index (χ2n) is 7.17. The third-order valence-electron chi connectivity index (χ3n) is 5.17. The number of aromatic nitrogens is 3. The second-order valence-corrected chi connectivity index (χ2v) is 7.17. The average molecular weight is 407 g/mol. The summed E-state index contributed by atoms with van der Waals surface area (Å²) < 4.78 is 13.3. The van der Waals surface area contributed by atoms with Gasteiger partial charge in [-0.1, -0.05) is 60.7 Å². The monoisotopic (exact) mass is 407 g/mol. The predicted octanol–water partition coefficient (Wildman–Crippen LogP) is 5.65. The molecule has 0 radical (unpaired) electrons. The van der Waals surface area contributed by atoms with Crippen LogP contribution in [-0.4, -0.2) is 21.7 Å². The highest BCUT2D eigenvalue weighted by Gasteiger charge is 2.13. The molecule has 0 saturated carbocycles. The molecule has 0 atom stereocenters. The molecule has 3 aromatic carbocycles. The van der Waals surface area contributed by atoms with Crippen LogP contribution in [0.2, 0.25) is 0 Å². The molecule has 0 spiro atoms. The van der Waals surface area contributed by atoms with E-state index in [4.69, 9.17) is 14.5 Å². The summed E-state index contributed by atoms with van der Waals surface area (Å²) in [4.78, 5) is 4.70. The quantitative estimate of drug-likeness (QED) is 0.365. The van der Waals surface area contributed by atoms with Gasteiger partial charge in [0.25, 0.3) is 0 Å². The Hall–Kier alpha value is -4.12. The number of methoxy groups -OCH3 is 1. The molecular formula is C26H21N3O2. The number of benzene rings is 3. The van der Waals surface area contributed by atoms with E-state index >= 15 is 0 Å². The molecule has 5 rings (SSSR count). The van der Waals surface area contributed by atoms with Crippen molar-refractivity contribution in [2.45, 2.75) is 6.61 Å². The molecule has 0 bridgehead atoms. The van der Waals surface area contributed by atoms with Crippen LogP contribution < -0.4 is 9.47 Å². The topological polar surface area (TPSA) is 48.7 Å². The molecule has 5 nitrogen and oxygen atoms in total. The van der Waals surface area contributed by atoms with E-state index in [1.165, 1.54) is 0 Å². The van der Waals surface area contributed by atoms with Crippen LogP contribution >= 0.6 is 0 Å². The summed E-state index contributed by atoms with van der Waals surface area (Å²) in [5, 5.41) is 4.52. The lowest BCUT2D eigenvalue weighted by molar-refractivity contribution is 0.306. The van der Waals surface area contributed by atoms with Gasteiger partial charge in [-0.25, -0.2) is 9.50 Å². The number of hydrogen-bond donors (Lipinski definition) is 0. The molecule has 31 heavy (non-hydrogen) atoms. The van der Waals surface area contributed by atoms with Gasteiger partial charge in [-0.3, -0.25) is 0 Å². The van der Waals surface area contributed by atoms with Crippen molar-refractivity contribution in [3.8, 4) is 33.8 Å². The number of nitrogens with zero attached hydrogens (tertiary/aromatic N) is 3. The lowest BCUT2D eigenvalue weighted by atomic mass is 10.1. The van der Waals surface area contributed by atoms with Crippen molar-refractivity contribution in [3.05, 3.63) is 103 Å². The molecule has 0 amide bonds. The van der Waals surface area contributed by atoms with E-state index in [-0.39, 0.29) is 0 Å². The summed E-state index contributed by atoms with van der Waals surface area (Å²) in [7, 11) is 1.67. The van der Waals surface area contributed by atoms with Crippen LogP contribution in [0, 0.1) is 0 Å². The minimum absolute atomic E-state index is 0.531. The van der Waals surface area contributed by atoms with Gasteiger partial charge in [0.2, 0.25) is 0 Å². The van der Waals surface area contributed by atoms with Crippen molar-refractivity contribution in [1.29, 1.82) is 0 Å². The fourth-order valence-electron chi connectivity index (χ4n) is 3.59. The molecule has 152 valence electrons. The normalized spacial score (nSPS) is 10.9. The van der Waals surface area contributed by atoms with Crippen molar-refractivity contribution in [3.63, 3.8) is 0 Å². The van der Waals surface area contributed by atoms with Crippen LogP contribution in [0.15, 0.2) is 97.5 Å². The molecule has 0 aliphatic rings. The third kappa shape index (κ3) is 3.85. The van der Waals surface area contributed by atoms with Crippen LogP contribution in [0.5, 0.6) is 11.5 Å². The highest BCUT2D eigenvalue weighted by atomic mass is 16.5. The van der Waals surface area contributed by atoms with Gasteiger partial charge in [-0.15, -0.1) is 0 Å². The molecule has 0 aliphatic heterocycles. The first-order valence-electron chi connectivity index (χ1n) is 10.1. The Labute approximate surface area is 180 Å². The van der Waals surface area contributed by atoms with E-state index in [1.807, 2.05) is 85.3 Å². The SMILES string of the molecule is COc1ccccc1-c1cnn2cc(-c3cccc(OCc4ccccc4)c3)cnc12. The molecule has 5 aromatic rings. The summed E-state index contributed by atoms with van der Waals surface area (Å²) in [6.07, 6.45) is 5.67. The Bertz CT molecular complexity index is 1330. The number of hydrogen-bond acceptors (Lipinski definition) is 4. The molecular weight excluding hydrogens is 386 g/mol. The highest BCUT2D eigenvalue weighted by molar-refractivity contribution is 5.81. The lowest BCUT2D eigenvalue weighted by Gasteiger charge is -2.09. The maximum atomic E-state index is 5.97. The van der Waals surface area contributed by atoms with Crippen LogP contribution in [0.25, 0.3) is 27.9 Å². The van der Waals surface area contributed by atoms with E-state index in [2.05, 4.69) is 17.2 Å². The first-order valence-corrected chi connectivity index (χ1v) is 10.1. The maximum Gasteiger partial charge on any atom is 0.162 e. The average Bonchev–Trinajstić information content (AvgIpc) is 3.26. The van der Waals surface area contributed by atoms with Gasteiger partial charge < -0.3 is 9.47 Å². The van der Waals surface area contributed by atoms with Crippen molar-refractivity contribution in [1.82, 2.24) is 14.6 Å². The molecule has 0 saturated heterocycles. The van der Waals surface area contributed by atoms with Gasteiger partial charge in [0.05, 0.1) is 18.9 Å². The van der Waals surface area contributed by atoms with Gasteiger partial charge in [-0.2, -0.15) is 5.10 Å². The molecule has 0 N–H and O–H groups in total. The molecule has 2 aromatic heterocycles. The van der Waals surface area contributed by atoms with Gasteiger partial charge in [0.1, 0.15) is 18.1 Å². The van der Waals surface area contributed by atoms with Crippen LogP contribution in [-0.2, 0) is 6.61 Å². The minimum Gasteiger partial charge on any atom is -0.496 e. The van der Waals surface area contributed by atoms with E-state index in [0.29, 0.717) is 6.61 Å². The Morgan fingerprint density at radius 2 is 1.65 bits per heavy atom. The van der Waals surface area contributed by atoms with Gasteiger partial charge >= 0.3 is 0 Å². The van der Waals surface area contributed by atoms with E-state index in [1.54, 1.807) is 11.6 Å². The summed E-state index contributed by atoms with van der Waals surface area (Å²) in [6.45, 7) is 0.531. The zero-order valence-electron chi connectivity index (χ0n) is 17.1. The highest BCUT2D eigenvalue weighted by Crippen LogP contribution is 2.32. The van der Waals surface area contributed by atoms with Crippen LogP contribution in [0.1, 0.15) is 5.56 Å². The number of para-hydroxylation sites is 1. The summed E-state index contributed by atoms with van der Waals surface area (Å²) in [6, 6.07) is 26.0. The molecule has 0 aliphatic carbocycles. The van der Waals surface area contributed by atoms with E-state index < -0.39 is 0 Å². The van der Waals surface area contributed by atoms with Crippen LogP contribution in [0.3, 0.4) is 0 Å². The predicted molar refractivity (Wildman–Crippen MR) is 121 cm³/mol. The first kappa shape index (κ1) is 18.9. The lowest BCUT2D eigenvalue weighted by Crippen LogP contribution is -1.96. The largest absolute Gasteiger partial charge is 0.496 e. The number of ether oxygens (including phenoxy) is 2. The fourth-order valence-corrected chi connectivity index (χ4v) is 3.59. The maximum absolute atomic E-state index is 5.97. The van der Waals surface area contributed by atoms with Gasteiger partial charge in [0.15, 0.2) is 5.65 Å². The standard InChI is InChI=1S/C26H21N3O2/c1-30-25-13-6-5-12-23(25)24-16-28-29-17-21(15-27-26(24)29)20-10-7-11-22(14-20)31-18-19-8-3-2-4-9-19/h2-17H,18H2,1H3.